The van der Waals surface area contributed by atoms with Crippen LogP contribution in [0.15, 0.2) is 17.4 Å². The predicted molar refractivity (Wildman–Crippen MR) is 82.0 cm³/mol. The van der Waals surface area contributed by atoms with E-state index in [1.807, 2.05) is 4.90 Å². The molecule has 1 fully saturated rings. The number of piperidine rings is 1. The van der Waals surface area contributed by atoms with Crippen LogP contribution in [-0.4, -0.2) is 52.5 Å². The maximum atomic E-state index is 11.4. The number of hydrogen-bond acceptors (Lipinski definition) is 7. The van der Waals surface area contributed by atoms with Gasteiger partial charge in [0.25, 0.3) is 0 Å². The van der Waals surface area contributed by atoms with Crippen LogP contribution in [0.2, 0.25) is 0 Å². The molecule has 0 spiro atoms. The molecule has 1 aromatic heterocycles. The van der Waals surface area contributed by atoms with Crippen molar-refractivity contribution in [1.82, 2.24) is 9.97 Å². The molecule has 2 heterocycles. The lowest BCUT2D eigenvalue weighted by atomic mass is 9.98. The lowest BCUT2D eigenvalue weighted by molar-refractivity contribution is -0.142. The monoisotopic (exact) mass is 325 g/mol. The first-order valence-electron chi connectivity index (χ1n) is 7.18. The van der Waals surface area contributed by atoms with Crippen molar-refractivity contribution in [1.29, 1.82) is 0 Å². The lowest BCUT2D eigenvalue weighted by Crippen LogP contribution is -2.39. The van der Waals surface area contributed by atoms with Crippen LogP contribution >= 0.6 is 11.8 Å². The third kappa shape index (κ3) is 4.59. The van der Waals surface area contributed by atoms with Crippen molar-refractivity contribution < 1.29 is 19.4 Å². The van der Waals surface area contributed by atoms with Gasteiger partial charge >= 0.3 is 11.9 Å². The van der Waals surface area contributed by atoms with Gasteiger partial charge in [-0.05, 0) is 19.8 Å². The summed E-state index contributed by atoms with van der Waals surface area (Å²) in [6.07, 6.45) is 4.72. The Morgan fingerprint density at radius 2 is 2.32 bits per heavy atom. The minimum atomic E-state index is -0.773. The Bertz CT molecular complexity index is 541. The van der Waals surface area contributed by atoms with E-state index in [2.05, 4.69) is 9.97 Å². The van der Waals surface area contributed by atoms with Gasteiger partial charge in [-0.3, -0.25) is 14.6 Å². The molecule has 0 bridgehead atoms. The number of carboxylic acid groups (broad SMARTS) is 1. The van der Waals surface area contributed by atoms with E-state index in [0.717, 1.165) is 13.0 Å². The van der Waals surface area contributed by atoms with Crippen molar-refractivity contribution in [2.45, 2.75) is 24.8 Å². The number of anilines is 1. The number of rotatable bonds is 6. The first kappa shape index (κ1) is 16.5. The Kier molecular flexibility index (Phi) is 6.00. The Morgan fingerprint density at radius 3 is 3.05 bits per heavy atom. The molecule has 22 heavy (non-hydrogen) atoms. The van der Waals surface area contributed by atoms with E-state index in [-0.39, 0.29) is 17.6 Å². The zero-order chi connectivity index (χ0) is 15.9. The number of aliphatic carboxylic acids is 1. The van der Waals surface area contributed by atoms with Crippen LogP contribution in [0.5, 0.6) is 0 Å². The summed E-state index contributed by atoms with van der Waals surface area (Å²) in [6.45, 7) is 3.33. The molecule has 0 aliphatic carbocycles. The number of nitrogens with zero attached hydrogens (tertiary/aromatic N) is 3. The first-order valence-corrected chi connectivity index (χ1v) is 8.17. The molecule has 7 nitrogen and oxygen atoms in total. The molecule has 0 amide bonds. The highest BCUT2D eigenvalue weighted by atomic mass is 32.2. The topological polar surface area (TPSA) is 92.6 Å². The van der Waals surface area contributed by atoms with E-state index in [1.165, 1.54) is 11.8 Å². The van der Waals surface area contributed by atoms with Crippen LogP contribution in [0.3, 0.4) is 0 Å². The maximum absolute atomic E-state index is 11.4. The molecule has 1 N–H and O–H groups in total. The van der Waals surface area contributed by atoms with Gasteiger partial charge in [0, 0.05) is 13.1 Å². The molecule has 1 aromatic rings. The van der Waals surface area contributed by atoms with Gasteiger partial charge in [0.05, 0.1) is 30.7 Å². The van der Waals surface area contributed by atoms with E-state index in [9.17, 15) is 9.59 Å². The molecule has 1 saturated heterocycles. The molecule has 1 aliphatic heterocycles. The van der Waals surface area contributed by atoms with Crippen molar-refractivity contribution in [3.8, 4) is 0 Å². The summed E-state index contributed by atoms with van der Waals surface area (Å²) >= 11 is 1.26. The predicted octanol–water partition coefficient (Wildman–Crippen LogP) is 1.43. The molecule has 1 atom stereocenters. The number of carbonyl (C=O) groups is 2. The lowest BCUT2D eigenvalue weighted by Gasteiger charge is -2.31. The number of hydrogen-bond donors (Lipinski definition) is 1. The SMILES string of the molecule is CCOC(=O)CSc1cncc(N2CCCC(C(=O)O)C2)n1. The fourth-order valence-electron chi connectivity index (χ4n) is 2.28. The van der Waals surface area contributed by atoms with Gasteiger partial charge in [-0.25, -0.2) is 4.98 Å². The third-order valence-electron chi connectivity index (χ3n) is 3.34. The molecule has 0 aromatic carbocycles. The fourth-order valence-corrected chi connectivity index (χ4v) is 2.93. The Labute approximate surface area is 133 Å². The number of aromatic nitrogens is 2. The van der Waals surface area contributed by atoms with Crippen molar-refractivity contribution in [3.05, 3.63) is 12.4 Å². The second-order valence-electron chi connectivity index (χ2n) is 4.93. The van der Waals surface area contributed by atoms with Crippen molar-refractivity contribution in [3.63, 3.8) is 0 Å². The summed E-state index contributed by atoms with van der Waals surface area (Å²) in [5, 5.41) is 9.76. The first-order chi connectivity index (χ1) is 10.6. The minimum Gasteiger partial charge on any atom is -0.481 e. The highest BCUT2D eigenvalue weighted by molar-refractivity contribution is 7.99. The quantitative estimate of drug-likeness (QED) is 0.620. The average molecular weight is 325 g/mol. The Morgan fingerprint density at radius 1 is 1.50 bits per heavy atom. The molecule has 8 heteroatoms. The van der Waals surface area contributed by atoms with Crippen LogP contribution in [0.1, 0.15) is 19.8 Å². The molecular weight excluding hydrogens is 306 g/mol. The van der Waals surface area contributed by atoms with E-state index >= 15 is 0 Å². The van der Waals surface area contributed by atoms with Crippen molar-refractivity contribution >= 4 is 29.5 Å². The van der Waals surface area contributed by atoms with E-state index in [4.69, 9.17) is 9.84 Å². The minimum absolute atomic E-state index is 0.184. The third-order valence-corrected chi connectivity index (χ3v) is 4.21. The van der Waals surface area contributed by atoms with Gasteiger partial charge in [-0.1, -0.05) is 11.8 Å². The smallest absolute Gasteiger partial charge is 0.316 e. The zero-order valence-corrected chi connectivity index (χ0v) is 13.2. The van der Waals surface area contributed by atoms with Crippen molar-refractivity contribution in [2.75, 3.05) is 30.3 Å². The summed E-state index contributed by atoms with van der Waals surface area (Å²) in [5.41, 5.74) is 0. The maximum Gasteiger partial charge on any atom is 0.316 e. The largest absolute Gasteiger partial charge is 0.481 e. The number of esters is 1. The second-order valence-corrected chi connectivity index (χ2v) is 5.93. The number of thioether (sulfide) groups is 1. The van der Waals surface area contributed by atoms with Crippen LogP contribution in [0, 0.1) is 5.92 Å². The number of carboxylic acids is 1. The van der Waals surface area contributed by atoms with Gasteiger partial charge in [-0.15, -0.1) is 0 Å². The average Bonchev–Trinajstić information content (AvgIpc) is 2.53. The van der Waals surface area contributed by atoms with Crippen molar-refractivity contribution in [2.24, 2.45) is 5.92 Å². The Hall–Kier alpha value is -1.83. The van der Waals surface area contributed by atoms with Gasteiger partial charge in [0.15, 0.2) is 0 Å². The molecular formula is C14H19N3O4S. The second kappa shape index (κ2) is 7.98. The van der Waals surface area contributed by atoms with Crippen LogP contribution in [-0.2, 0) is 14.3 Å². The number of carbonyl (C=O) groups excluding carboxylic acids is 1. The summed E-state index contributed by atoms with van der Waals surface area (Å²) in [7, 11) is 0. The van der Waals surface area contributed by atoms with Gasteiger partial charge in [0.1, 0.15) is 10.8 Å². The molecule has 0 radical (unpaired) electrons. The molecule has 1 unspecified atom stereocenters. The van der Waals surface area contributed by atoms with Gasteiger partial charge < -0.3 is 14.7 Å². The zero-order valence-electron chi connectivity index (χ0n) is 12.4. The highest BCUT2D eigenvalue weighted by Crippen LogP contribution is 2.23. The fraction of sp³-hybridized carbons (Fsp3) is 0.571. The van der Waals surface area contributed by atoms with Crippen LogP contribution in [0.4, 0.5) is 5.82 Å². The number of ether oxygens (including phenoxy) is 1. The molecule has 0 saturated carbocycles. The molecule has 1 aliphatic rings. The van der Waals surface area contributed by atoms with E-state index < -0.39 is 5.97 Å². The van der Waals surface area contributed by atoms with Crippen LogP contribution < -0.4 is 4.90 Å². The Balaban J connectivity index is 1.98. The van der Waals surface area contributed by atoms with Crippen LogP contribution in [0.25, 0.3) is 0 Å². The van der Waals surface area contributed by atoms with Gasteiger partial charge in [0.2, 0.25) is 0 Å². The van der Waals surface area contributed by atoms with Gasteiger partial charge in [-0.2, -0.15) is 0 Å². The highest BCUT2D eigenvalue weighted by Gasteiger charge is 2.26. The summed E-state index contributed by atoms with van der Waals surface area (Å²) in [4.78, 5) is 33.0. The normalized spacial score (nSPS) is 18.0. The summed E-state index contributed by atoms with van der Waals surface area (Å²) < 4.78 is 4.87. The summed E-state index contributed by atoms with van der Waals surface area (Å²) in [5.74, 6) is -0.593. The van der Waals surface area contributed by atoms with E-state index in [0.29, 0.717) is 30.4 Å². The standard InChI is InChI=1S/C14H19N3O4S/c1-2-21-13(18)9-22-12-7-15-6-11(16-12)17-5-3-4-10(8-17)14(19)20/h6-7,10H,2-5,8-9H2,1H3,(H,19,20). The van der Waals surface area contributed by atoms with E-state index in [1.54, 1.807) is 19.3 Å². The summed E-state index contributed by atoms with van der Waals surface area (Å²) in [6, 6.07) is 0. The molecule has 120 valence electrons. The molecule has 2 rings (SSSR count).